The highest BCUT2D eigenvalue weighted by atomic mass is 15.2. The van der Waals surface area contributed by atoms with Crippen molar-refractivity contribution in [3.63, 3.8) is 0 Å². The second-order valence-electron chi connectivity index (χ2n) is 14.5. The van der Waals surface area contributed by atoms with Gasteiger partial charge in [-0.1, -0.05) is 127 Å². The molecule has 13 aromatic rings. The average Bonchev–Trinajstić information content (AvgIpc) is 3.95. The van der Waals surface area contributed by atoms with E-state index in [0.717, 1.165) is 17.1 Å². The van der Waals surface area contributed by atoms with E-state index in [9.17, 15) is 0 Å². The standard InChI is InChI=1S/C50H29N3/c1-3-15-32(16-4-1)51(33-17-5-2-6-18-33)43-24-12-23-38-44-34-19-9-8-14-31(34)29-40-46-42(53(49(38)43)50(40)44)28-27-41-45(46)39-22-11-21-36-37-26-25-30-13-7-10-20-35(30)47(37)52(41)48(36)39/h1-29H. The van der Waals surface area contributed by atoms with Crippen molar-refractivity contribution in [2.24, 2.45) is 0 Å². The number of anilines is 3. The summed E-state index contributed by atoms with van der Waals surface area (Å²) in [5.74, 6) is 0. The summed E-state index contributed by atoms with van der Waals surface area (Å²) in [6.45, 7) is 0. The molecule has 244 valence electrons. The number of fused-ring (bicyclic) bond motifs is 17. The molecule has 3 nitrogen and oxygen atoms in total. The lowest BCUT2D eigenvalue weighted by Gasteiger charge is -2.26. The molecule has 0 atom stereocenters. The molecule has 3 heteroatoms. The maximum atomic E-state index is 2.58. The van der Waals surface area contributed by atoms with E-state index in [1.54, 1.807) is 0 Å². The summed E-state index contributed by atoms with van der Waals surface area (Å²) in [5, 5.41) is 15.6. The van der Waals surface area contributed by atoms with Crippen molar-refractivity contribution in [1.82, 2.24) is 8.80 Å². The van der Waals surface area contributed by atoms with Gasteiger partial charge in [0.15, 0.2) is 0 Å². The first-order valence-corrected chi connectivity index (χ1v) is 18.4. The van der Waals surface area contributed by atoms with Crippen molar-refractivity contribution >= 4 is 115 Å². The van der Waals surface area contributed by atoms with Gasteiger partial charge in [-0.2, -0.15) is 0 Å². The van der Waals surface area contributed by atoms with Gasteiger partial charge in [0.05, 0.1) is 38.8 Å². The van der Waals surface area contributed by atoms with Crippen LogP contribution in [0.5, 0.6) is 0 Å². The number of nitrogens with zero attached hydrogens (tertiary/aromatic N) is 3. The van der Waals surface area contributed by atoms with Crippen LogP contribution in [0.25, 0.3) is 97.7 Å². The van der Waals surface area contributed by atoms with Crippen molar-refractivity contribution in [1.29, 1.82) is 0 Å². The van der Waals surface area contributed by atoms with Crippen LogP contribution in [-0.4, -0.2) is 8.80 Å². The Morgan fingerprint density at radius 3 is 1.58 bits per heavy atom. The van der Waals surface area contributed by atoms with E-state index in [0.29, 0.717) is 0 Å². The highest BCUT2D eigenvalue weighted by Gasteiger charge is 2.27. The highest BCUT2D eigenvalue weighted by molar-refractivity contribution is 6.39. The fourth-order valence-corrected chi connectivity index (χ4v) is 9.88. The third kappa shape index (κ3) is 3.36. The molecule has 0 unspecified atom stereocenters. The maximum Gasteiger partial charge on any atom is 0.0783 e. The van der Waals surface area contributed by atoms with Gasteiger partial charge in [0, 0.05) is 59.9 Å². The number of hydrogen-bond acceptors (Lipinski definition) is 1. The molecule has 0 aliphatic heterocycles. The van der Waals surface area contributed by atoms with Crippen LogP contribution in [0.4, 0.5) is 17.1 Å². The van der Waals surface area contributed by atoms with Crippen molar-refractivity contribution in [2.45, 2.75) is 0 Å². The summed E-state index contributed by atoms with van der Waals surface area (Å²) in [7, 11) is 0. The quantitative estimate of drug-likeness (QED) is 0.182. The van der Waals surface area contributed by atoms with Crippen molar-refractivity contribution in [2.75, 3.05) is 4.90 Å². The Hall–Kier alpha value is -7.10. The van der Waals surface area contributed by atoms with Crippen LogP contribution >= 0.6 is 0 Å². The average molecular weight is 672 g/mol. The third-order valence-corrected chi connectivity index (χ3v) is 11.9. The lowest BCUT2D eigenvalue weighted by atomic mass is 9.98. The molecule has 4 heterocycles. The molecule has 0 N–H and O–H groups in total. The lowest BCUT2D eigenvalue weighted by Crippen LogP contribution is -2.10. The summed E-state index contributed by atoms with van der Waals surface area (Å²) in [4.78, 5) is 2.42. The van der Waals surface area contributed by atoms with Gasteiger partial charge in [-0.3, -0.25) is 0 Å². The summed E-state index contributed by atoms with van der Waals surface area (Å²) in [6, 6.07) is 64.9. The Labute approximate surface area is 303 Å². The van der Waals surface area contributed by atoms with E-state index in [1.807, 2.05) is 0 Å². The lowest BCUT2D eigenvalue weighted by molar-refractivity contribution is 1.27. The largest absolute Gasteiger partial charge is 0.308 e. The van der Waals surface area contributed by atoms with Gasteiger partial charge in [-0.05, 0) is 64.7 Å². The molecular formula is C50H29N3. The van der Waals surface area contributed by atoms with Gasteiger partial charge < -0.3 is 13.7 Å². The first-order valence-electron chi connectivity index (χ1n) is 18.4. The molecule has 0 amide bonds. The fraction of sp³-hybridized carbons (Fsp3) is 0. The van der Waals surface area contributed by atoms with Crippen LogP contribution in [0.3, 0.4) is 0 Å². The predicted octanol–water partition coefficient (Wildman–Crippen LogP) is 13.8. The van der Waals surface area contributed by atoms with Gasteiger partial charge >= 0.3 is 0 Å². The number of rotatable bonds is 3. The molecule has 9 aromatic carbocycles. The van der Waals surface area contributed by atoms with Crippen molar-refractivity contribution in [3.05, 3.63) is 176 Å². The van der Waals surface area contributed by atoms with Crippen molar-refractivity contribution in [3.8, 4) is 0 Å². The number of benzene rings is 9. The van der Waals surface area contributed by atoms with E-state index in [-0.39, 0.29) is 0 Å². The molecule has 4 aromatic heterocycles. The topological polar surface area (TPSA) is 12.1 Å². The molecule has 0 saturated heterocycles. The Balaban J connectivity index is 1.28. The van der Waals surface area contributed by atoms with E-state index >= 15 is 0 Å². The Morgan fingerprint density at radius 1 is 0.302 bits per heavy atom. The molecule has 0 radical (unpaired) electrons. The van der Waals surface area contributed by atoms with Gasteiger partial charge in [0.25, 0.3) is 0 Å². The monoisotopic (exact) mass is 671 g/mol. The maximum absolute atomic E-state index is 2.58. The minimum absolute atomic E-state index is 1.13. The van der Waals surface area contributed by atoms with Crippen LogP contribution < -0.4 is 4.90 Å². The summed E-state index contributed by atoms with van der Waals surface area (Å²) in [5.41, 5.74) is 11.0. The number of para-hydroxylation sites is 4. The van der Waals surface area contributed by atoms with Gasteiger partial charge in [0.2, 0.25) is 0 Å². The zero-order valence-corrected chi connectivity index (χ0v) is 28.6. The minimum atomic E-state index is 1.13. The molecular weight excluding hydrogens is 643 g/mol. The van der Waals surface area contributed by atoms with Gasteiger partial charge in [-0.25, -0.2) is 0 Å². The number of hydrogen-bond donors (Lipinski definition) is 0. The Bertz CT molecular complexity index is 3570. The molecule has 0 aliphatic rings. The van der Waals surface area contributed by atoms with Crippen LogP contribution in [0.2, 0.25) is 0 Å². The third-order valence-electron chi connectivity index (χ3n) is 11.9. The second-order valence-corrected chi connectivity index (χ2v) is 14.5. The highest BCUT2D eigenvalue weighted by Crippen LogP contribution is 2.51. The number of aromatic nitrogens is 2. The molecule has 0 fully saturated rings. The van der Waals surface area contributed by atoms with Gasteiger partial charge in [-0.15, -0.1) is 0 Å². The zero-order valence-electron chi connectivity index (χ0n) is 28.6. The minimum Gasteiger partial charge on any atom is -0.308 e. The fourth-order valence-electron chi connectivity index (χ4n) is 9.88. The summed E-state index contributed by atoms with van der Waals surface area (Å²) in [6.07, 6.45) is 0. The van der Waals surface area contributed by atoms with Crippen LogP contribution in [0, 0.1) is 0 Å². The van der Waals surface area contributed by atoms with E-state index in [1.165, 1.54) is 97.7 Å². The smallest absolute Gasteiger partial charge is 0.0783 e. The molecule has 0 saturated carbocycles. The molecule has 0 aliphatic carbocycles. The van der Waals surface area contributed by atoms with E-state index < -0.39 is 0 Å². The second kappa shape index (κ2) is 9.81. The van der Waals surface area contributed by atoms with Gasteiger partial charge in [0.1, 0.15) is 0 Å². The first kappa shape index (κ1) is 27.6. The Morgan fingerprint density at radius 2 is 0.830 bits per heavy atom. The first-order chi connectivity index (χ1) is 26.3. The van der Waals surface area contributed by atoms with Crippen LogP contribution in [-0.2, 0) is 0 Å². The van der Waals surface area contributed by atoms with Crippen LogP contribution in [0.15, 0.2) is 176 Å². The van der Waals surface area contributed by atoms with Crippen LogP contribution in [0.1, 0.15) is 0 Å². The molecule has 13 rings (SSSR count). The normalized spacial score (nSPS) is 12.5. The zero-order chi connectivity index (χ0) is 34.4. The van der Waals surface area contributed by atoms with Crippen molar-refractivity contribution < 1.29 is 0 Å². The molecule has 0 bridgehead atoms. The SMILES string of the molecule is c1ccc(N(c2ccccc2)c2cccc3c4c5ccccc5cc5c6c7c8cccc9c%10ccc%11ccccc%11c%10n(c7ccc6n(c23)c54)c98)cc1. The van der Waals surface area contributed by atoms with E-state index in [2.05, 4.69) is 190 Å². The molecule has 0 spiro atoms. The predicted molar refractivity (Wildman–Crippen MR) is 225 cm³/mol. The van der Waals surface area contributed by atoms with E-state index in [4.69, 9.17) is 0 Å². The summed E-state index contributed by atoms with van der Waals surface area (Å²) >= 11 is 0. The summed E-state index contributed by atoms with van der Waals surface area (Å²) < 4.78 is 5.14. The Kier molecular flexibility index (Phi) is 5.11. The molecule has 53 heavy (non-hydrogen) atoms.